The van der Waals surface area contributed by atoms with Crippen molar-refractivity contribution in [2.24, 2.45) is 0 Å². The van der Waals surface area contributed by atoms with E-state index in [1.807, 2.05) is 11.8 Å². The molecule has 2 rings (SSSR count). The molecule has 0 radical (unpaired) electrons. The van der Waals surface area contributed by atoms with Gasteiger partial charge in [-0.25, -0.2) is 9.97 Å². The van der Waals surface area contributed by atoms with Crippen molar-refractivity contribution in [3.63, 3.8) is 0 Å². The van der Waals surface area contributed by atoms with Gasteiger partial charge >= 0.3 is 0 Å². The van der Waals surface area contributed by atoms with Gasteiger partial charge in [0.2, 0.25) is 0 Å². The van der Waals surface area contributed by atoms with Crippen LogP contribution in [0.3, 0.4) is 0 Å². The third-order valence-corrected chi connectivity index (χ3v) is 4.15. The summed E-state index contributed by atoms with van der Waals surface area (Å²) in [6.07, 6.45) is 5.84. The van der Waals surface area contributed by atoms with Crippen molar-refractivity contribution < 1.29 is 0 Å². The number of anilines is 2. The molecule has 1 aliphatic heterocycles. The Kier molecular flexibility index (Phi) is 3.00. The molecule has 0 aliphatic carbocycles. The summed E-state index contributed by atoms with van der Waals surface area (Å²) in [5.41, 5.74) is 5.47. The third kappa shape index (κ3) is 2.75. The molecule has 2 heterocycles. The second-order valence-corrected chi connectivity index (χ2v) is 5.76. The highest BCUT2D eigenvalue weighted by atomic mass is 32.2. The van der Waals surface area contributed by atoms with Gasteiger partial charge in [0.05, 0.1) is 12.4 Å². The smallest absolute Gasteiger partial charge is 0.144 e. The van der Waals surface area contributed by atoms with E-state index in [4.69, 9.17) is 5.73 Å². The molecule has 82 valence electrons. The Hall–Kier alpha value is -0.970. The van der Waals surface area contributed by atoms with E-state index >= 15 is 0 Å². The van der Waals surface area contributed by atoms with Crippen LogP contribution in [0.5, 0.6) is 0 Å². The predicted molar refractivity (Wildman–Crippen MR) is 65.0 cm³/mol. The minimum absolute atomic E-state index is 0.350. The molecule has 15 heavy (non-hydrogen) atoms. The van der Waals surface area contributed by atoms with Crippen molar-refractivity contribution in [1.82, 2.24) is 9.97 Å². The van der Waals surface area contributed by atoms with Crippen molar-refractivity contribution in [2.75, 3.05) is 23.3 Å². The van der Waals surface area contributed by atoms with Crippen LogP contribution in [0.25, 0.3) is 0 Å². The van der Waals surface area contributed by atoms with Crippen molar-refractivity contribution in [3.8, 4) is 0 Å². The highest BCUT2D eigenvalue weighted by Crippen LogP contribution is 2.37. The Morgan fingerprint density at radius 2 is 2.40 bits per heavy atom. The average molecular weight is 224 g/mol. The van der Waals surface area contributed by atoms with Crippen LogP contribution in [0.1, 0.15) is 19.8 Å². The zero-order valence-corrected chi connectivity index (χ0v) is 9.68. The third-order valence-electron chi connectivity index (χ3n) is 2.62. The molecule has 0 aromatic carbocycles. The van der Waals surface area contributed by atoms with E-state index in [-0.39, 0.29) is 0 Å². The summed E-state index contributed by atoms with van der Waals surface area (Å²) in [6.45, 7) is 3.23. The van der Waals surface area contributed by atoms with E-state index in [1.165, 1.54) is 18.6 Å². The summed E-state index contributed by atoms with van der Waals surface area (Å²) in [5, 5.41) is 3.30. The maximum atomic E-state index is 5.47. The maximum absolute atomic E-state index is 5.47. The Bertz CT molecular complexity index is 319. The SMILES string of the molecule is CC1(CNc2cnc(N)cn2)CCCS1. The quantitative estimate of drug-likeness (QED) is 0.819. The molecule has 1 aromatic rings. The lowest BCUT2D eigenvalue weighted by Gasteiger charge is -2.22. The number of aromatic nitrogens is 2. The van der Waals surface area contributed by atoms with E-state index < -0.39 is 0 Å². The number of rotatable bonds is 3. The van der Waals surface area contributed by atoms with Gasteiger partial charge in [-0.3, -0.25) is 0 Å². The molecular formula is C10H16N4S. The van der Waals surface area contributed by atoms with Crippen molar-refractivity contribution >= 4 is 23.4 Å². The van der Waals surface area contributed by atoms with Crippen molar-refractivity contribution in [3.05, 3.63) is 12.4 Å². The molecule has 5 heteroatoms. The molecule has 3 N–H and O–H groups in total. The average Bonchev–Trinajstić information content (AvgIpc) is 2.65. The normalized spacial score (nSPS) is 25.4. The molecule has 1 saturated heterocycles. The van der Waals surface area contributed by atoms with E-state index in [0.29, 0.717) is 10.6 Å². The van der Waals surface area contributed by atoms with E-state index in [0.717, 1.165) is 12.4 Å². The standard InChI is InChI=1S/C10H16N4S/c1-10(3-2-4-15-10)7-14-9-6-12-8(11)5-13-9/h5-6H,2-4,7H2,1H3,(H2,11,12)(H,13,14). The predicted octanol–water partition coefficient (Wildman–Crippen LogP) is 1.76. The van der Waals surface area contributed by atoms with Gasteiger partial charge in [0, 0.05) is 11.3 Å². The van der Waals surface area contributed by atoms with Crippen LogP contribution in [0.15, 0.2) is 12.4 Å². The molecule has 1 unspecified atom stereocenters. The molecule has 0 amide bonds. The van der Waals surface area contributed by atoms with Crippen LogP contribution >= 0.6 is 11.8 Å². The Morgan fingerprint density at radius 1 is 1.53 bits per heavy atom. The second kappa shape index (κ2) is 4.26. The monoisotopic (exact) mass is 224 g/mol. The Balaban J connectivity index is 1.90. The highest BCUT2D eigenvalue weighted by Gasteiger charge is 2.29. The molecule has 0 saturated carbocycles. The van der Waals surface area contributed by atoms with Crippen molar-refractivity contribution in [2.45, 2.75) is 24.5 Å². The highest BCUT2D eigenvalue weighted by molar-refractivity contribution is 8.00. The Labute approximate surface area is 94.1 Å². The lowest BCUT2D eigenvalue weighted by Crippen LogP contribution is -2.27. The van der Waals surface area contributed by atoms with Crippen LogP contribution in [0, 0.1) is 0 Å². The van der Waals surface area contributed by atoms with E-state index in [9.17, 15) is 0 Å². The summed E-state index contributed by atoms with van der Waals surface area (Å²) < 4.78 is 0.350. The lowest BCUT2D eigenvalue weighted by molar-refractivity contribution is 0.633. The van der Waals surface area contributed by atoms with Gasteiger partial charge in [-0.15, -0.1) is 0 Å². The molecule has 0 spiro atoms. The number of hydrogen-bond donors (Lipinski definition) is 2. The fraction of sp³-hybridized carbons (Fsp3) is 0.600. The topological polar surface area (TPSA) is 63.8 Å². The molecule has 1 atom stereocenters. The molecule has 4 nitrogen and oxygen atoms in total. The molecule has 1 aromatic heterocycles. The van der Waals surface area contributed by atoms with Gasteiger partial charge in [-0.1, -0.05) is 0 Å². The molecule has 0 bridgehead atoms. The lowest BCUT2D eigenvalue weighted by atomic mass is 10.1. The number of nitrogen functional groups attached to an aromatic ring is 1. The summed E-state index contributed by atoms with van der Waals surface area (Å²) in [6, 6.07) is 0. The molecule has 1 fully saturated rings. The minimum atomic E-state index is 0.350. The fourth-order valence-corrected chi connectivity index (χ4v) is 2.93. The van der Waals surface area contributed by atoms with Crippen LogP contribution in [-0.4, -0.2) is 27.0 Å². The number of nitrogens with one attached hydrogen (secondary N) is 1. The summed E-state index contributed by atoms with van der Waals surface area (Å²) in [5.74, 6) is 2.53. The number of nitrogens with zero attached hydrogens (tertiary/aromatic N) is 2. The zero-order chi connectivity index (χ0) is 10.7. The first kappa shape index (κ1) is 10.5. The van der Waals surface area contributed by atoms with E-state index in [1.54, 1.807) is 12.4 Å². The van der Waals surface area contributed by atoms with Crippen LogP contribution in [0.2, 0.25) is 0 Å². The first-order chi connectivity index (χ1) is 7.18. The molecule has 1 aliphatic rings. The van der Waals surface area contributed by atoms with Gasteiger partial charge in [0.25, 0.3) is 0 Å². The number of hydrogen-bond acceptors (Lipinski definition) is 5. The van der Waals surface area contributed by atoms with Crippen LogP contribution in [-0.2, 0) is 0 Å². The van der Waals surface area contributed by atoms with Gasteiger partial charge in [-0.2, -0.15) is 11.8 Å². The summed E-state index contributed by atoms with van der Waals surface area (Å²) in [7, 11) is 0. The van der Waals surface area contributed by atoms with E-state index in [2.05, 4.69) is 22.2 Å². The van der Waals surface area contributed by atoms with Gasteiger partial charge < -0.3 is 11.1 Å². The zero-order valence-electron chi connectivity index (χ0n) is 8.86. The largest absolute Gasteiger partial charge is 0.382 e. The van der Waals surface area contributed by atoms with Crippen LogP contribution in [0.4, 0.5) is 11.6 Å². The first-order valence-electron chi connectivity index (χ1n) is 5.13. The Morgan fingerprint density at radius 3 is 3.00 bits per heavy atom. The van der Waals surface area contributed by atoms with Crippen LogP contribution < -0.4 is 11.1 Å². The summed E-state index contributed by atoms with van der Waals surface area (Å²) in [4.78, 5) is 8.16. The maximum Gasteiger partial charge on any atom is 0.144 e. The minimum Gasteiger partial charge on any atom is -0.382 e. The number of nitrogens with two attached hydrogens (primary N) is 1. The fourth-order valence-electron chi connectivity index (χ4n) is 1.68. The number of thioether (sulfide) groups is 1. The second-order valence-electron chi connectivity index (χ2n) is 4.08. The van der Waals surface area contributed by atoms with Gasteiger partial charge in [0.15, 0.2) is 0 Å². The molecular weight excluding hydrogens is 208 g/mol. The van der Waals surface area contributed by atoms with Gasteiger partial charge in [0.1, 0.15) is 11.6 Å². The van der Waals surface area contributed by atoms with Gasteiger partial charge in [-0.05, 0) is 25.5 Å². The van der Waals surface area contributed by atoms with Crippen molar-refractivity contribution in [1.29, 1.82) is 0 Å². The summed E-state index contributed by atoms with van der Waals surface area (Å²) >= 11 is 2.03. The first-order valence-corrected chi connectivity index (χ1v) is 6.12.